The fourth-order valence-electron chi connectivity index (χ4n) is 3.14. The second-order valence-electron chi connectivity index (χ2n) is 6.59. The zero-order chi connectivity index (χ0) is 14.2. The summed E-state index contributed by atoms with van der Waals surface area (Å²) in [4.78, 5) is 0. The second kappa shape index (κ2) is 5.57. The van der Waals surface area contributed by atoms with E-state index in [1.165, 1.54) is 24.8 Å². The van der Waals surface area contributed by atoms with Crippen molar-refractivity contribution in [2.75, 3.05) is 13.2 Å². The lowest BCUT2D eigenvalue weighted by atomic mass is 9.92. The summed E-state index contributed by atoms with van der Waals surface area (Å²) in [5, 5.41) is 3.67. The van der Waals surface area contributed by atoms with Gasteiger partial charge in [0.05, 0.1) is 4.47 Å². The van der Waals surface area contributed by atoms with E-state index in [1.54, 1.807) is 0 Å². The van der Waals surface area contributed by atoms with E-state index in [2.05, 4.69) is 47.2 Å². The molecule has 1 saturated carbocycles. The number of benzene rings is 1. The molecule has 1 N–H and O–H groups in total. The quantitative estimate of drug-likeness (QED) is 0.906. The van der Waals surface area contributed by atoms with Crippen LogP contribution >= 0.6 is 15.9 Å². The molecule has 1 aliphatic carbocycles. The Kier molecular flexibility index (Phi) is 3.95. The molecule has 4 heteroatoms. The summed E-state index contributed by atoms with van der Waals surface area (Å²) >= 11 is 3.57. The second-order valence-corrected chi connectivity index (χ2v) is 7.44. The lowest BCUT2D eigenvalue weighted by molar-refractivity contribution is 0.170. The molecule has 0 aromatic heterocycles. The van der Waals surface area contributed by atoms with Crippen LogP contribution in [0.1, 0.15) is 38.7 Å². The number of halogens is 1. The molecule has 0 spiro atoms. The highest BCUT2D eigenvalue weighted by Crippen LogP contribution is 2.39. The largest absolute Gasteiger partial charge is 0.486 e. The molecule has 20 heavy (non-hydrogen) atoms. The van der Waals surface area contributed by atoms with Crippen molar-refractivity contribution in [3.63, 3.8) is 0 Å². The maximum Gasteiger partial charge on any atom is 0.175 e. The lowest BCUT2D eigenvalue weighted by Gasteiger charge is -2.21. The predicted molar refractivity (Wildman–Crippen MR) is 83.4 cm³/mol. The van der Waals surface area contributed by atoms with Gasteiger partial charge in [-0.15, -0.1) is 0 Å². The van der Waals surface area contributed by atoms with Gasteiger partial charge in [0.25, 0.3) is 0 Å². The molecule has 1 heterocycles. The zero-order valence-electron chi connectivity index (χ0n) is 12.2. The number of hydrogen-bond acceptors (Lipinski definition) is 3. The number of rotatable bonds is 3. The molecule has 1 aromatic carbocycles. The van der Waals surface area contributed by atoms with Crippen molar-refractivity contribution in [2.24, 2.45) is 5.41 Å². The van der Waals surface area contributed by atoms with E-state index in [0.717, 1.165) is 22.5 Å². The van der Waals surface area contributed by atoms with E-state index in [-0.39, 0.29) is 0 Å². The average Bonchev–Trinajstić information content (AvgIpc) is 2.76. The van der Waals surface area contributed by atoms with Crippen molar-refractivity contribution in [1.82, 2.24) is 5.32 Å². The standard InChI is InChI=1S/C16H22BrNO2/c1-16(2)4-3-12(9-16)18-10-11-7-13(17)15-14(8-11)19-5-6-20-15/h7-8,12,18H,3-6,9-10H2,1-2H3. The van der Waals surface area contributed by atoms with Gasteiger partial charge in [-0.1, -0.05) is 13.8 Å². The van der Waals surface area contributed by atoms with Crippen molar-refractivity contribution < 1.29 is 9.47 Å². The van der Waals surface area contributed by atoms with Gasteiger partial charge in [0.2, 0.25) is 0 Å². The van der Waals surface area contributed by atoms with Crippen molar-refractivity contribution >= 4 is 15.9 Å². The SMILES string of the molecule is CC1(C)CCC(NCc2cc(Br)c3c(c2)OCCO3)C1. The molecule has 1 aromatic rings. The highest BCUT2D eigenvalue weighted by Gasteiger charge is 2.30. The van der Waals surface area contributed by atoms with E-state index in [9.17, 15) is 0 Å². The summed E-state index contributed by atoms with van der Waals surface area (Å²) in [6.07, 6.45) is 3.85. The minimum Gasteiger partial charge on any atom is -0.486 e. The minimum atomic E-state index is 0.491. The summed E-state index contributed by atoms with van der Waals surface area (Å²) in [6, 6.07) is 4.85. The molecule has 3 nitrogen and oxygen atoms in total. The van der Waals surface area contributed by atoms with E-state index in [1.807, 2.05) is 0 Å². The van der Waals surface area contributed by atoms with Gasteiger partial charge >= 0.3 is 0 Å². The first-order valence-electron chi connectivity index (χ1n) is 7.35. The van der Waals surface area contributed by atoms with E-state index in [4.69, 9.17) is 9.47 Å². The fourth-order valence-corrected chi connectivity index (χ4v) is 3.74. The first-order chi connectivity index (χ1) is 9.53. The third-order valence-corrected chi connectivity index (χ3v) is 4.81. The monoisotopic (exact) mass is 339 g/mol. The van der Waals surface area contributed by atoms with Gasteiger partial charge in [0.1, 0.15) is 13.2 Å². The topological polar surface area (TPSA) is 30.5 Å². The Bertz CT molecular complexity index is 501. The van der Waals surface area contributed by atoms with Gasteiger partial charge in [-0.25, -0.2) is 0 Å². The molecular formula is C16H22BrNO2. The Balaban J connectivity index is 1.65. The number of nitrogens with one attached hydrogen (secondary N) is 1. The van der Waals surface area contributed by atoms with Crippen LogP contribution in [0.3, 0.4) is 0 Å². The van der Waals surface area contributed by atoms with Gasteiger partial charge in [-0.3, -0.25) is 0 Å². The lowest BCUT2D eigenvalue weighted by Crippen LogP contribution is -2.27. The molecular weight excluding hydrogens is 318 g/mol. The van der Waals surface area contributed by atoms with Crippen molar-refractivity contribution in [3.05, 3.63) is 22.2 Å². The van der Waals surface area contributed by atoms with E-state index < -0.39 is 0 Å². The smallest absolute Gasteiger partial charge is 0.175 e. The average molecular weight is 340 g/mol. The predicted octanol–water partition coefficient (Wildman–Crippen LogP) is 3.89. The van der Waals surface area contributed by atoms with Crippen LogP contribution < -0.4 is 14.8 Å². The maximum atomic E-state index is 5.67. The molecule has 0 amide bonds. The molecule has 0 bridgehead atoms. The van der Waals surface area contributed by atoms with Gasteiger partial charge in [-0.2, -0.15) is 0 Å². The van der Waals surface area contributed by atoms with Gasteiger partial charge in [0.15, 0.2) is 11.5 Å². The third-order valence-electron chi connectivity index (χ3n) is 4.22. The molecule has 3 rings (SSSR count). The molecule has 1 unspecified atom stereocenters. The van der Waals surface area contributed by atoms with E-state index in [0.29, 0.717) is 24.7 Å². The molecule has 0 saturated heterocycles. The molecule has 110 valence electrons. The third kappa shape index (κ3) is 3.12. The minimum absolute atomic E-state index is 0.491. The Morgan fingerprint density at radius 3 is 2.85 bits per heavy atom. The summed E-state index contributed by atoms with van der Waals surface area (Å²) in [5.74, 6) is 1.69. The highest BCUT2D eigenvalue weighted by atomic mass is 79.9. The van der Waals surface area contributed by atoms with Crippen LogP contribution in [0.5, 0.6) is 11.5 Å². The Morgan fingerprint density at radius 2 is 2.10 bits per heavy atom. The number of ether oxygens (including phenoxy) is 2. The zero-order valence-corrected chi connectivity index (χ0v) is 13.8. The van der Waals surface area contributed by atoms with Crippen molar-refractivity contribution in [1.29, 1.82) is 0 Å². The number of fused-ring (bicyclic) bond motifs is 1. The fraction of sp³-hybridized carbons (Fsp3) is 0.625. The summed E-state index contributed by atoms with van der Waals surface area (Å²) in [5.41, 5.74) is 1.73. The Labute approximate surface area is 129 Å². The van der Waals surface area contributed by atoms with Crippen LogP contribution in [0.2, 0.25) is 0 Å². The molecule has 1 aliphatic heterocycles. The molecule has 2 aliphatic rings. The first-order valence-corrected chi connectivity index (χ1v) is 8.14. The van der Waals surface area contributed by atoms with Gasteiger partial charge < -0.3 is 14.8 Å². The summed E-state index contributed by atoms with van der Waals surface area (Å²) in [6.45, 7) is 6.86. The van der Waals surface area contributed by atoms with Crippen LogP contribution in [0.4, 0.5) is 0 Å². The molecule has 1 fully saturated rings. The highest BCUT2D eigenvalue weighted by molar-refractivity contribution is 9.10. The normalized spacial score (nSPS) is 23.9. The van der Waals surface area contributed by atoms with Crippen molar-refractivity contribution in [2.45, 2.75) is 45.7 Å². The number of hydrogen-bond donors (Lipinski definition) is 1. The van der Waals surface area contributed by atoms with Crippen LogP contribution in [-0.4, -0.2) is 19.3 Å². The Hall–Kier alpha value is -0.740. The van der Waals surface area contributed by atoms with Crippen molar-refractivity contribution in [3.8, 4) is 11.5 Å². The van der Waals surface area contributed by atoms with Crippen LogP contribution in [0.25, 0.3) is 0 Å². The molecule has 0 radical (unpaired) electrons. The molecule has 1 atom stereocenters. The van der Waals surface area contributed by atoms with Gasteiger partial charge in [-0.05, 0) is 58.3 Å². The van der Waals surface area contributed by atoms with Crippen LogP contribution in [-0.2, 0) is 6.54 Å². The van der Waals surface area contributed by atoms with Gasteiger partial charge in [0, 0.05) is 12.6 Å². The first kappa shape index (κ1) is 14.2. The summed E-state index contributed by atoms with van der Waals surface area (Å²) in [7, 11) is 0. The maximum absolute atomic E-state index is 5.67. The Morgan fingerprint density at radius 1 is 1.30 bits per heavy atom. The van der Waals surface area contributed by atoms with Crippen LogP contribution in [0.15, 0.2) is 16.6 Å². The van der Waals surface area contributed by atoms with E-state index >= 15 is 0 Å². The van der Waals surface area contributed by atoms with Crippen LogP contribution in [0, 0.1) is 5.41 Å². The summed E-state index contributed by atoms with van der Waals surface area (Å²) < 4.78 is 12.3.